The molecule has 1 aromatic heterocycles. The summed E-state index contributed by atoms with van der Waals surface area (Å²) in [6.07, 6.45) is 3.69. The lowest BCUT2D eigenvalue weighted by atomic mass is 10.1. The SMILES string of the molecule is CSc1nc(CCN)c2c(n1)CCOC2. The monoisotopic (exact) mass is 225 g/mol. The fraction of sp³-hybridized carbons (Fsp3) is 0.600. The van der Waals surface area contributed by atoms with Gasteiger partial charge in [0.2, 0.25) is 0 Å². The number of hydrogen-bond acceptors (Lipinski definition) is 5. The van der Waals surface area contributed by atoms with Gasteiger partial charge in [0.25, 0.3) is 0 Å². The van der Waals surface area contributed by atoms with Crippen molar-refractivity contribution in [1.82, 2.24) is 9.97 Å². The fourth-order valence-electron chi connectivity index (χ4n) is 1.71. The number of aromatic nitrogens is 2. The molecule has 0 atom stereocenters. The number of nitrogens with zero attached hydrogens (tertiary/aromatic N) is 2. The highest BCUT2D eigenvalue weighted by atomic mass is 32.2. The first-order valence-corrected chi connectivity index (χ1v) is 6.28. The van der Waals surface area contributed by atoms with E-state index in [1.165, 1.54) is 0 Å². The summed E-state index contributed by atoms with van der Waals surface area (Å²) in [4.78, 5) is 8.99. The van der Waals surface area contributed by atoms with Crippen LogP contribution in [0.15, 0.2) is 5.16 Å². The van der Waals surface area contributed by atoms with Gasteiger partial charge in [0.15, 0.2) is 5.16 Å². The molecule has 82 valence electrons. The third-order valence-corrected chi connectivity index (χ3v) is 3.00. The summed E-state index contributed by atoms with van der Waals surface area (Å²) in [6, 6.07) is 0. The van der Waals surface area contributed by atoms with Crippen LogP contribution in [0.5, 0.6) is 0 Å². The fourth-order valence-corrected chi connectivity index (χ4v) is 2.11. The lowest BCUT2D eigenvalue weighted by Gasteiger charge is -2.18. The van der Waals surface area contributed by atoms with E-state index < -0.39 is 0 Å². The second-order valence-electron chi connectivity index (χ2n) is 3.42. The maximum atomic E-state index is 5.58. The van der Waals surface area contributed by atoms with Gasteiger partial charge in [-0.1, -0.05) is 11.8 Å². The van der Waals surface area contributed by atoms with Crippen LogP contribution in [-0.2, 0) is 24.2 Å². The first-order valence-electron chi connectivity index (χ1n) is 5.05. The summed E-state index contributed by atoms with van der Waals surface area (Å²) in [5.41, 5.74) is 8.94. The summed E-state index contributed by atoms with van der Waals surface area (Å²) < 4.78 is 5.43. The number of nitrogens with two attached hydrogens (primary N) is 1. The van der Waals surface area contributed by atoms with E-state index in [-0.39, 0.29) is 0 Å². The lowest BCUT2D eigenvalue weighted by molar-refractivity contribution is 0.107. The summed E-state index contributed by atoms with van der Waals surface area (Å²) in [5, 5.41) is 0.846. The van der Waals surface area contributed by atoms with Gasteiger partial charge in [-0.05, 0) is 12.8 Å². The highest BCUT2D eigenvalue weighted by molar-refractivity contribution is 7.98. The van der Waals surface area contributed by atoms with Crippen molar-refractivity contribution in [2.75, 3.05) is 19.4 Å². The molecule has 5 heteroatoms. The van der Waals surface area contributed by atoms with Crippen molar-refractivity contribution < 1.29 is 4.74 Å². The molecule has 0 aliphatic carbocycles. The molecule has 4 nitrogen and oxygen atoms in total. The largest absolute Gasteiger partial charge is 0.376 e. The van der Waals surface area contributed by atoms with Gasteiger partial charge in [0.05, 0.1) is 24.6 Å². The molecule has 1 aliphatic rings. The molecule has 0 aromatic carbocycles. The van der Waals surface area contributed by atoms with Crippen LogP contribution in [0.2, 0.25) is 0 Å². The van der Waals surface area contributed by atoms with Crippen molar-refractivity contribution in [3.63, 3.8) is 0 Å². The first kappa shape index (κ1) is 10.9. The van der Waals surface area contributed by atoms with Gasteiger partial charge in [-0.15, -0.1) is 0 Å². The molecule has 0 unspecified atom stereocenters. The van der Waals surface area contributed by atoms with E-state index in [1.54, 1.807) is 11.8 Å². The molecule has 0 bridgehead atoms. The van der Waals surface area contributed by atoms with E-state index >= 15 is 0 Å². The van der Waals surface area contributed by atoms with Gasteiger partial charge in [-0.25, -0.2) is 9.97 Å². The summed E-state index contributed by atoms with van der Waals surface area (Å²) in [6.45, 7) is 2.02. The Morgan fingerprint density at radius 3 is 3.07 bits per heavy atom. The Morgan fingerprint density at radius 1 is 1.47 bits per heavy atom. The van der Waals surface area contributed by atoms with Crippen LogP contribution >= 0.6 is 11.8 Å². The Bertz CT molecular complexity index is 357. The molecule has 1 aromatic rings. The van der Waals surface area contributed by atoms with Crippen LogP contribution in [0.3, 0.4) is 0 Å². The minimum atomic E-state index is 0.622. The predicted molar refractivity (Wildman–Crippen MR) is 59.9 cm³/mol. The molecule has 0 fully saturated rings. The second kappa shape index (κ2) is 4.92. The summed E-state index contributed by atoms with van der Waals surface area (Å²) >= 11 is 1.58. The molecule has 0 radical (unpaired) electrons. The van der Waals surface area contributed by atoms with E-state index in [1.807, 2.05) is 6.26 Å². The van der Waals surface area contributed by atoms with Gasteiger partial charge < -0.3 is 10.5 Å². The van der Waals surface area contributed by atoms with Crippen LogP contribution in [0.4, 0.5) is 0 Å². The third kappa shape index (κ3) is 2.30. The molecule has 15 heavy (non-hydrogen) atoms. The smallest absolute Gasteiger partial charge is 0.187 e. The van der Waals surface area contributed by atoms with E-state index in [4.69, 9.17) is 10.5 Å². The molecular weight excluding hydrogens is 210 g/mol. The number of hydrogen-bond donors (Lipinski definition) is 1. The first-order chi connectivity index (χ1) is 7.35. The molecular formula is C10H15N3OS. The Balaban J connectivity index is 2.41. The standard InChI is InChI=1S/C10H15N3OS/c1-15-10-12-8(2-4-11)7-6-14-5-3-9(7)13-10/h2-6,11H2,1H3. The molecule has 2 heterocycles. The van der Waals surface area contributed by atoms with E-state index in [2.05, 4.69) is 9.97 Å². The number of rotatable bonds is 3. The number of thioether (sulfide) groups is 1. The third-order valence-electron chi connectivity index (χ3n) is 2.45. The maximum Gasteiger partial charge on any atom is 0.187 e. The quantitative estimate of drug-likeness (QED) is 0.608. The molecule has 0 saturated carbocycles. The van der Waals surface area contributed by atoms with Crippen molar-refractivity contribution in [3.8, 4) is 0 Å². The molecule has 0 spiro atoms. The summed E-state index contributed by atoms with van der Waals surface area (Å²) in [5.74, 6) is 0. The Hall–Kier alpha value is -0.650. The van der Waals surface area contributed by atoms with Gasteiger partial charge in [-0.3, -0.25) is 0 Å². The zero-order chi connectivity index (χ0) is 10.7. The maximum absolute atomic E-state index is 5.58. The molecule has 1 aliphatic heterocycles. The van der Waals surface area contributed by atoms with Crippen LogP contribution in [0.1, 0.15) is 17.0 Å². The highest BCUT2D eigenvalue weighted by Gasteiger charge is 2.17. The molecule has 0 amide bonds. The van der Waals surface area contributed by atoms with Crippen LogP contribution in [0, 0.1) is 0 Å². The zero-order valence-electron chi connectivity index (χ0n) is 8.82. The molecule has 0 saturated heterocycles. The second-order valence-corrected chi connectivity index (χ2v) is 4.20. The van der Waals surface area contributed by atoms with Crippen molar-refractivity contribution in [1.29, 1.82) is 0 Å². The molecule has 2 rings (SSSR count). The van der Waals surface area contributed by atoms with Crippen LogP contribution < -0.4 is 5.73 Å². The van der Waals surface area contributed by atoms with Gasteiger partial charge in [-0.2, -0.15) is 0 Å². The van der Waals surface area contributed by atoms with Gasteiger partial charge in [0, 0.05) is 18.4 Å². The minimum Gasteiger partial charge on any atom is -0.376 e. The Labute approximate surface area is 93.6 Å². The van der Waals surface area contributed by atoms with E-state index in [0.29, 0.717) is 13.2 Å². The van der Waals surface area contributed by atoms with Crippen molar-refractivity contribution in [2.24, 2.45) is 5.73 Å². The van der Waals surface area contributed by atoms with Gasteiger partial charge in [0.1, 0.15) is 0 Å². The Morgan fingerprint density at radius 2 is 2.33 bits per heavy atom. The van der Waals surface area contributed by atoms with Gasteiger partial charge >= 0.3 is 0 Å². The normalized spacial score (nSPS) is 15.1. The minimum absolute atomic E-state index is 0.622. The Kier molecular flexibility index (Phi) is 3.56. The average Bonchev–Trinajstić information content (AvgIpc) is 2.29. The van der Waals surface area contributed by atoms with Crippen LogP contribution in [0.25, 0.3) is 0 Å². The van der Waals surface area contributed by atoms with Crippen molar-refractivity contribution in [2.45, 2.75) is 24.6 Å². The molecule has 2 N–H and O–H groups in total. The highest BCUT2D eigenvalue weighted by Crippen LogP contribution is 2.21. The van der Waals surface area contributed by atoms with E-state index in [0.717, 1.165) is 41.6 Å². The average molecular weight is 225 g/mol. The van der Waals surface area contributed by atoms with E-state index in [9.17, 15) is 0 Å². The van der Waals surface area contributed by atoms with Crippen molar-refractivity contribution >= 4 is 11.8 Å². The zero-order valence-corrected chi connectivity index (χ0v) is 9.64. The summed E-state index contributed by atoms with van der Waals surface area (Å²) in [7, 11) is 0. The number of fused-ring (bicyclic) bond motifs is 1. The van der Waals surface area contributed by atoms with Crippen LogP contribution in [-0.4, -0.2) is 29.4 Å². The predicted octanol–water partition coefficient (Wildman–Crippen LogP) is 0.772. The lowest BCUT2D eigenvalue weighted by Crippen LogP contribution is -2.18. The van der Waals surface area contributed by atoms with Crippen molar-refractivity contribution in [3.05, 3.63) is 17.0 Å². The topological polar surface area (TPSA) is 61.0 Å². The number of ether oxygens (including phenoxy) is 1.